The van der Waals surface area contributed by atoms with Crippen LogP contribution in [0.5, 0.6) is 0 Å². The van der Waals surface area contributed by atoms with Crippen LogP contribution in [0.15, 0.2) is 24.3 Å². The summed E-state index contributed by atoms with van der Waals surface area (Å²) < 4.78 is 13.3. The molecule has 19 heavy (non-hydrogen) atoms. The summed E-state index contributed by atoms with van der Waals surface area (Å²) >= 11 is 5.59. The monoisotopic (exact) mass is 283 g/mol. The summed E-state index contributed by atoms with van der Waals surface area (Å²) in [6.45, 7) is 2.77. The van der Waals surface area contributed by atoms with Gasteiger partial charge in [-0.1, -0.05) is 17.7 Å². The van der Waals surface area contributed by atoms with Gasteiger partial charge < -0.3 is 10.4 Å². The van der Waals surface area contributed by atoms with Crippen molar-refractivity contribution >= 4 is 11.6 Å². The van der Waals surface area contributed by atoms with Gasteiger partial charge in [-0.05, 0) is 30.7 Å². The summed E-state index contributed by atoms with van der Waals surface area (Å²) in [4.78, 5) is 0. The standard InChI is InChI=1S/C13H15ClFN3O/c1-8-4-10(18-17-8)6-16-7-13(19)9-2-3-11(14)12(15)5-9/h2-5,13,16,19H,6-7H2,1H3,(H,17,18). The smallest absolute Gasteiger partial charge is 0.142 e. The van der Waals surface area contributed by atoms with Crippen LogP contribution in [-0.2, 0) is 6.54 Å². The molecule has 3 N–H and O–H groups in total. The van der Waals surface area contributed by atoms with Crippen molar-refractivity contribution in [3.05, 3.63) is 52.1 Å². The summed E-state index contributed by atoms with van der Waals surface area (Å²) in [5.41, 5.74) is 2.34. The first kappa shape index (κ1) is 14.0. The van der Waals surface area contributed by atoms with E-state index in [2.05, 4.69) is 15.5 Å². The van der Waals surface area contributed by atoms with Gasteiger partial charge in [0.25, 0.3) is 0 Å². The molecule has 4 nitrogen and oxygen atoms in total. The third-order valence-corrected chi connectivity index (χ3v) is 3.04. The van der Waals surface area contributed by atoms with Crippen LogP contribution in [0.1, 0.15) is 23.1 Å². The van der Waals surface area contributed by atoms with Crippen LogP contribution in [-0.4, -0.2) is 21.8 Å². The molecule has 0 radical (unpaired) electrons. The van der Waals surface area contributed by atoms with Gasteiger partial charge in [-0.3, -0.25) is 5.10 Å². The van der Waals surface area contributed by atoms with E-state index in [1.807, 2.05) is 13.0 Å². The molecule has 0 aliphatic heterocycles. The second-order valence-electron chi connectivity index (χ2n) is 4.36. The Morgan fingerprint density at radius 2 is 2.26 bits per heavy atom. The first-order valence-electron chi connectivity index (χ1n) is 5.91. The quantitative estimate of drug-likeness (QED) is 0.789. The number of benzene rings is 1. The molecule has 6 heteroatoms. The minimum atomic E-state index is -0.785. The first-order chi connectivity index (χ1) is 9.06. The molecular weight excluding hydrogens is 269 g/mol. The molecule has 1 aromatic heterocycles. The minimum absolute atomic E-state index is 0.0518. The molecule has 0 amide bonds. The lowest BCUT2D eigenvalue weighted by Crippen LogP contribution is -2.21. The number of aromatic amines is 1. The summed E-state index contributed by atoms with van der Waals surface area (Å²) in [5.74, 6) is -0.527. The highest BCUT2D eigenvalue weighted by atomic mass is 35.5. The van der Waals surface area contributed by atoms with E-state index < -0.39 is 11.9 Å². The van der Waals surface area contributed by atoms with Crippen LogP contribution in [0.25, 0.3) is 0 Å². The maximum absolute atomic E-state index is 13.3. The van der Waals surface area contributed by atoms with Crippen LogP contribution in [0.3, 0.4) is 0 Å². The van der Waals surface area contributed by atoms with Gasteiger partial charge in [0.2, 0.25) is 0 Å². The average Bonchev–Trinajstić information content (AvgIpc) is 2.78. The number of aliphatic hydroxyl groups is 1. The number of H-pyrrole nitrogens is 1. The Hall–Kier alpha value is -1.43. The number of hydrogen-bond donors (Lipinski definition) is 3. The van der Waals surface area contributed by atoms with E-state index in [1.165, 1.54) is 12.1 Å². The molecule has 102 valence electrons. The van der Waals surface area contributed by atoms with Gasteiger partial charge in [0.15, 0.2) is 0 Å². The molecule has 1 heterocycles. The lowest BCUT2D eigenvalue weighted by molar-refractivity contribution is 0.174. The van der Waals surface area contributed by atoms with E-state index in [0.717, 1.165) is 11.4 Å². The van der Waals surface area contributed by atoms with Crippen molar-refractivity contribution < 1.29 is 9.50 Å². The van der Waals surface area contributed by atoms with Crippen LogP contribution in [0.4, 0.5) is 4.39 Å². The van der Waals surface area contributed by atoms with E-state index in [-0.39, 0.29) is 5.02 Å². The molecule has 0 aliphatic carbocycles. The third kappa shape index (κ3) is 3.76. The van der Waals surface area contributed by atoms with E-state index >= 15 is 0 Å². The topological polar surface area (TPSA) is 60.9 Å². The number of halogens is 2. The number of aryl methyl sites for hydroxylation is 1. The highest BCUT2D eigenvalue weighted by Gasteiger charge is 2.10. The van der Waals surface area contributed by atoms with Gasteiger partial charge in [0.05, 0.1) is 16.8 Å². The van der Waals surface area contributed by atoms with Crippen molar-refractivity contribution in [2.45, 2.75) is 19.6 Å². The lowest BCUT2D eigenvalue weighted by atomic mass is 10.1. The predicted octanol–water partition coefficient (Wildman–Crippen LogP) is 2.33. The molecule has 0 aliphatic rings. The molecule has 0 spiro atoms. The van der Waals surface area contributed by atoms with Gasteiger partial charge in [0, 0.05) is 18.8 Å². The molecule has 0 saturated heterocycles. The Morgan fingerprint density at radius 3 is 2.89 bits per heavy atom. The highest BCUT2D eigenvalue weighted by Crippen LogP contribution is 2.19. The van der Waals surface area contributed by atoms with Crippen molar-refractivity contribution in [2.24, 2.45) is 0 Å². The number of aromatic nitrogens is 2. The Balaban J connectivity index is 1.86. The van der Waals surface area contributed by atoms with Gasteiger partial charge in [-0.25, -0.2) is 4.39 Å². The number of hydrogen-bond acceptors (Lipinski definition) is 3. The van der Waals surface area contributed by atoms with Gasteiger partial charge in [-0.15, -0.1) is 0 Å². The van der Waals surface area contributed by atoms with Crippen molar-refractivity contribution in [1.29, 1.82) is 0 Å². The lowest BCUT2D eigenvalue weighted by Gasteiger charge is -2.12. The zero-order valence-corrected chi connectivity index (χ0v) is 11.2. The minimum Gasteiger partial charge on any atom is -0.387 e. The molecule has 1 unspecified atom stereocenters. The first-order valence-corrected chi connectivity index (χ1v) is 6.28. The van der Waals surface area contributed by atoms with E-state index in [9.17, 15) is 9.50 Å². The van der Waals surface area contributed by atoms with Crippen molar-refractivity contribution in [3.8, 4) is 0 Å². The Labute approximate surface area is 115 Å². The van der Waals surface area contributed by atoms with E-state index in [0.29, 0.717) is 18.7 Å². The van der Waals surface area contributed by atoms with Crippen LogP contribution < -0.4 is 5.32 Å². The maximum Gasteiger partial charge on any atom is 0.142 e. The van der Waals surface area contributed by atoms with Crippen LogP contribution >= 0.6 is 11.6 Å². The van der Waals surface area contributed by atoms with Crippen molar-refractivity contribution in [1.82, 2.24) is 15.5 Å². The van der Waals surface area contributed by atoms with Gasteiger partial charge in [-0.2, -0.15) is 5.10 Å². The summed E-state index contributed by atoms with van der Waals surface area (Å²) in [6, 6.07) is 6.21. The zero-order valence-electron chi connectivity index (χ0n) is 10.5. The summed E-state index contributed by atoms with van der Waals surface area (Å²) in [5, 5.41) is 19.9. The predicted molar refractivity (Wildman–Crippen MR) is 71.4 cm³/mol. The summed E-state index contributed by atoms with van der Waals surface area (Å²) in [7, 11) is 0. The SMILES string of the molecule is Cc1cc(CNCC(O)c2ccc(Cl)c(F)c2)n[nH]1. The van der Waals surface area contributed by atoms with Gasteiger partial charge in [0.1, 0.15) is 5.82 Å². The molecule has 2 rings (SSSR count). The molecular formula is C13H15ClFN3O. The zero-order chi connectivity index (χ0) is 13.8. The fraction of sp³-hybridized carbons (Fsp3) is 0.308. The largest absolute Gasteiger partial charge is 0.387 e. The molecule has 1 atom stereocenters. The average molecular weight is 284 g/mol. The van der Waals surface area contributed by atoms with Crippen molar-refractivity contribution in [3.63, 3.8) is 0 Å². The molecule has 2 aromatic rings. The third-order valence-electron chi connectivity index (χ3n) is 2.73. The maximum atomic E-state index is 13.3. The van der Waals surface area contributed by atoms with E-state index in [1.54, 1.807) is 6.07 Å². The molecule has 0 bridgehead atoms. The number of nitrogens with zero attached hydrogens (tertiary/aromatic N) is 1. The number of nitrogens with one attached hydrogen (secondary N) is 2. The second-order valence-corrected chi connectivity index (χ2v) is 4.77. The number of rotatable bonds is 5. The van der Waals surface area contributed by atoms with Gasteiger partial charge >= 0.3 is 0 Å². The highest BCUT2D eigenvalue weighted by molar-refractivity contribution is 6.30. The summed E-state index contributed by atoms with van der Waals surface area (Å²) in [6.07, 6.45) is -0.785. The number of aliphatic hydroxyl groups excluding tert-OH is 1. The fourth-order valence-corrected chi connectivity index (χ4v) is 1.86. The van der Waals surface area contributed by atoms with Crippen LogP contribution in [0.2, 0.25) is 5.02 Å². The van der Waals surface area contributed by atoms with Crippen molar-refractivity contribution in [2.75, 3.05) is 6.54 Å². The van der Waals surface area contributed by atoms with E-state index in [4.69, 9.17) is 11.6 Å². The Kier molecular flexibility index (Phi) is 4.52. The Bertz CT molecular complexity index is 559. The molecule has 1 aromatic carbocycles. The second kappa shape index (κ2) is 6.14. The normalized spacial score (nSPS) is 12.6. The fourth-order valence-electron chi connectivity index (χ4n) is 1.74. The molecule has 0 fully saturated rings. The molecule has 0 saturated carbocycles. The Morgan fingerprint density at radius 1 is 1.47 bits per heavy atom. The van der Waals surface area contributed by atoms with Crippen LogP contribution in [0, 0.1) is 12.7 Å².